The minimum absolute atomic E-state index is 0.187. The van der Waals surface area contributed by atoms with Crippen molar-refractivity contribution in [3.63, 3.8) is 0 Å². The molecular formula is C16H15F3N2O. The Labute approximate surface area is 125 Å². The number of hydrogen-bond acceptors (Lipinski definition) is 2. The molecule has 22 heavy (non-hydrogen) atoms. The Morgan fingerprint density at radius 1 is 0.955 bits per heavy atom. The van der Waals surface area contributed by atoms with Gasteiger partial charge in [0.15, 0.2) is 0 Å². The zero-order valence-electron chi connectivity index (χ0n) is 11.7. The Balaban J connectivity index is 1.97. The number of carbonyl (C=O) groups excluding carboxylic acids is 1. The van der Waals surface area contributed by atoms with Crippen LogP contribution >= 0.6 is 0 Å². The quantitative estimate of drug-likeness (QED) is 0.912. The average Bonchev–Trinajstić information content (AvgIpc) is 2.52. The van der Waals surface area contributed by atoms with Crippen molar-refractivity contribution in [3.8, 4) is 0 Å². The van der Waals surface area contributed by atoms with Gasteiger partial charge in [0.2, 0.25) is 0 Å². The van der Waals surface area contributed by atoms with Crippen molar-refractivity contribution in [2.75, 3.05) is 0 Å². The van der Waals surface area contributed by atoms with E-state index in [1.165, 1.54) is 0 Å². The molecule has 0 saturated heterocycles. The normalized spacial score (nSPS) is 11.3. The van der Waals surface area contributed by atoms with Crippen LogP contribution in [0.5, 0.6) is 0 Å². The Hall–Kier alpha value is -2.34. The smallest absolute Gasteiger partial charge is 0.348 e. The van der Waals surface area contributed by atoms with E-state index in [4.69, 9.17) is 5.73 Å². The maximum atomic E-state index is 12.4. The van der Waals surface area contributed by atoms with Crippen LogP contribution in [0, 0.1) is 0 Å². The van der Waals surface area contributed by atoms with Crippen LogP contribution in [-0.2, 0) is 19.3 Å². The van der Waals surface area contributed by atoms with Crippen LogP contribution in [-0.4, -0.2) is 5.91 Å². The molecule has 0 atom stereocenters. The number of amides is 1. The monoisotopic (exact) mass is 308 g/mol. The molecule has 3 nitrogen and oxygen atoms in total. The summed E-state index contributed by atoms with van der Waals surface area (Å²) in [6, 6.07) is 11.5. The number of carbonyl (C=O) groups is 1. The molecule has 116 valence electrons. The van der Waals surface area contributed by atoms with Crippen molar-refractivity contribution in [1.82, 2.24) is 5.32 Å². The fraction of sp³-hybridized carbons (Fsp3) is 0.188. The first-order valence-electron chi connectivity index (χ1n) is 6.63. The molecular weight excluding hydrogens is 293 g/mol. The van der Waals surface area contributed by atoms with Gasteiger partial charge in [-0.1, -0.05) is 24.3 Å². The van der Waals surface area contributed by atoms with Gasteiger partial charge < -0.3 is 11.1 Å². The third-order valence-electron chi connectivity index (χ3n) is 3.19. The van der Waals surface area contributed by atoms with Crippen molar-refractivity contribution in [2.24, 2.45) is 5.73 Å². The van der Waals surface area contributed by atoms with Crippen molar-refractivity contribution in [3.05, 3.63) is 70.8 Å². The van der Waals surface area contributed by atoms with Gasteiger partial charge >= 0.3 is 6.18 Å². The summed E-state index contributed by atoms with van der Waals surface area (Å²) in [4.78, 5) is 11.9. The van der Waals surface area contributed by atoms with E-state index in [-0.39, 0.29) is 5.56 Å². The van der Waals surface area contributed by atoms with Crippen molar-refractivity contribution >= 4 is 5.91 Å². The Morgan fingerprint density at radius 3 is 2.00 bits per heavy atom. The highest BCUT2D eigenvalue weighted by Crippen LogP contribution is 2.29. The first-order valence-corrected chi connectivity index (χ1v) is 6.63. The number of nitrogens with two attached hydrogens (primary N) is 1. The molecule has 0 fully saturated rings. The van der Waals surface area contributed by atoms with Crippen molar-refractivity contribution in [2.45, 2.75) is 19.3 Å². The van der Waals surface area contributed by atoms with E-state index in [0.717, 1.165) is 35.4 Å². The first-order chi connectivity index (χ1) is 10.4. The predicted molar refractivity (Wildman–Crippen MR) is 76.9 cm³/mol. The Morgan fingerprint density at radius 2 is 1.50 bits per heavy atom. The van der Waals surface area contributed by atoms with Gasteiger partial charge in [0.25, 0.3) is 5.91 Å². The second kappa shape index (κ2) is 6.62. The summed E-state index contributed by atoms with van der Waals surface area (Å²) in [5.41, 5.74) is 6.77. The zero-order chi connectivity index (χ0) is 16.2. The molecule has 0 aromatic heterocycles. The van der Waals surface area contributed by atoms with E-state index < -0.39 is 17.6 Å². The first kappa shape index (κ1) is 16.0. The fourth-order valence-corrected chi connectivity index (χ4v) is 1.89. The van der Waals surface area contributed by atoms with E-state index in [1.54, 1.807) is 0 Å². The molecule has 0 aliphatic rings. The molecule has 0 saturated carbocycles. The summed E-state index contributed by atoms with van der Waals surface area (Å²) in [6.07, 6.45) is -4.40. The second-order valence-electron chi connectivity index (χ2n) is 4.78. The maximum absolute atomic E-state index is 12.4. The van der Waals surface area contributed by atoms with E-state index in [2.05, 4.69) is 5.32 Å². The van der Waals surface area contributed by atoms with E-state index in [9.17, 15) is 18.0 Å². The van der Waals surface area contributed by atoms with Crippen molar-refractivity contribution in [1.29, 1.82) is 0 Å². The average molecular weight is 308 g/mol. The van der Waals surface area contributed by atoms with Gasteiger partial charge in [-0.2, -0.15) is 13.2 Å². The molecule has 2 aromatic rings. The molecule has 6 heteroatoms. The molecule has 0 heterocycles. The molecule has 0 bridgehead atoms. The van der Waals surface area contributed by atoms with Crippen LogP contribution < -0.4 is 11.1 Å². The summed E-state index contributed by atoms with van der Waals surface area (Å²) >= 11 is 0. The fourth-order valence-electron chi connectivity index (χ4n) is 1.89. The highest BCUT2D eigenvalue weighted by molar-refractivity contribution is 5.94. The number of halogens is 3. The van der Waals surface area contributed by atoms with Crippen LogP contribution in [0.25, 0.3) is 0 Å². The summed E-state index contributed by atoms with van der Waals surface area (Å²) in [7, 11) is 0. The molecule has 0 aliphatic heterocycles. The second-order valence-corrected chi connectivity index (χ2v) is 4.78. The van der Waals surface area contributed by atoms with Gasteiger partial charge in [-0.15, -0.1) is 0 Å². The van der Waals surface area contributed by atoms with Gasteiger partial charge in [-0.05, 0) is 35.4 Å². The third kappa shape index (κ3) is 4.08. The highest BCUT2D eigenvalue weighted by Gasteiger charge is 2.30. The van der Waals surface area contributed by atoms with Crippen LogP contribution in [0.4, 0.5) is 13.2 Å². The molecule has 3 N–H and O–H groups in total. The standard InChI is InChI=1S/C16H15F3N2O/c17-16(18,19)14-7-5-13(6-8-14)15(22)21-10-12-3-1-11(9-20)2-4-12/h1-8H,9-10,20H2,(H,21,22). The number of rotatable bonds is 4. The summed E-state index contributed by atoms with van der Waals surface area (Å²) in [5, 5.41) is 2.66. The van der Waals surface area contributed by atoms with Crippen LogP contribution in [0.15, 0.2) is 48.5 Å². The zero-order valence-corrected chi connectivity index (χ0v) is 11.7. The number of nitrogens with one attached hydrogen (secondary N) is 1. The van der Waals surface area contributed by atoms with E-state index in [0.29, 0.717) is 13.1 Å². The van der Waals surface area contributed by atoms with E-state index >= 15 is 0 Å². The Kier molecular flexibility index (Phi) is 4.82. The van der Waals surface area contributed by atoms with Crippen LogP contribution in [0.2, 0.25) is 0 Å². The van der Waals surface area contributed by atoms with Crippen LogP contribution in [0.1, 0.15) is 27.0 Å². The molecule has 2 aromatic carbocycles. The topological polar surface area (TPSA) is 55.1 Å². The molecule has 0 radical (unpaired) electrons. The largest absolute Gasteiger partial charge is 0.416 e. The third-order valence-corrected chi connectivity index (χ3v) is 3.19. The lowest BCUT2D eigenvalue weighted by Crippen LogP contribution is -2.22. The SMILES string of the molecule is NCc1ccc(CNC(=O)c2ccc(C(F)(F)F)cc2)cc1. The number of hydrogen-bond donors (Lipinski definition) is 2. The minimum atomic E-state index is -4.40. The predicted octanol–water partition coefficient (Wildman–Crippen LogP) is 3.09. The lowest BCUT2D eigenvalue weighted by Gasteiger charge is -2.08. The molecule has 0 spiro atoms. The minimum Gasteiger partial charge on any atom is -0.348 e. The number of alkyl halides is 3. The van der Waals surface area contributed by atoms with Gasteiger partial charge in [-0.25, -0.2) is 0 Å². The van der Waals surface area contributed by atoms with Gasteiger partial charge in [-0.3, -0.25) is 4.79 Å². The molecule has 0 unspecified atom stereocenters. The van der Waals surface area contributed by atoms with Crippen LogP contribution in [0.3, 0.4) is 0 Å². The maximum Gasteiger partial charge on any atom is 0.416 e. The highest BCUT2D eigenvalue weighted by atomic mass is 19.4. The summed E-state index contributed by atoms with van der Waals surface area (Å²) in [5.74, 6) is -0.420. The Bertz CT molecular complexity index is 634. The molecule has 2 rings (SSSR count). The summed E-state index contributed by atoms with van der Waals surface area (Å²) < 4.78 is 37.3. The molecule has 1 amide bonds. The lowest BCUT2D eigenvalue weighted by atomic mass is 10.1. The molecule has 0 aliphatic carbocycles. The van der Waals surface area contributed by atoms with Gasteiger partial charge in [0, 0.05) is 18.7 Å². The van der Waals surface area contributed by atoms with Gasteiger partial charge in [0.05, 0.1) is 5.56 Å². The van der Waals surface area contributed by atoms with Crippen molar-refractivity contribution < 1.29 is 18.0 Å². The summed E-state index contributed by atoms with van der Waals surface area (Å²) in [6.45, 7) is 0.739. The lowest BCUT2D eigenvalue weighted by molar-refractivity contribution is -0.137. The number of benzene rings is 2. The van der Waals surface area contributed by atoms with Gasteiger partial charge in [0.1, 0.15) is 0 Å². The van der Waals surface area contributed by atoms with E-state index in [1.807, 2.05) is 24.3 Å².